The van der Waals surface area contributed by atoms with Gasteiger partial charge < -0.3 is 10.0 Å². The van der Waals surface area contributed by atoms with Gasteiger partial charge in [0.05, 0.1) is 5.69 Å². The highest BCUT2D eigenvalue weighted by Gasteiger charge is 2.27. The van der Waals surface area contributed by atoms with Crippen molar-refractivity contribution >= 4 is 23.2 Å². The molecule has 1 unspecified atom stereocenters. The molecule has 1 aromatic carbocycles. The summed E-state index contributed by atoms with van der Waals surface area (Å²) in [7, 11) is 0. The zero-order chi connectivity index (χ0) is 11.7. The first-order valence-electron chi connectivity index (χ1n) is 5.37. The number of fused-ring (bicyclic) bond motifs is 1. The number of halogens is 1. The standard InChI is InChI=1S/C12H14ClNO2/c1-8(13)12(16)14-7-3-5-9-4-2-6-10(15)11(9)14/h2,4,6,8,15H,3,5,7H2,1H3. The number of anilines is 1. The summed E-state index contributed by atoms with van der Waals surface area (Å²) in [6.07, 6.45) is 1.80. The Hall–Kier alpha value is -1.22. The second-order valence-corrected chi connectivity index (χ2v) is 4.65. The number of para-hydroxylation sites is 1. The molecule has 0 fully saturated rings. The van der Waals surface area contributed by atoms with Gasteiger partial charge in [-0.05, 0) is 31.4 Å². The predicted molar refractivity (Wildman–Crippen MR) is 64.1 cm³/mol. The average molecular weight is 240 g/mol. The summed E-state index contributed by atoms with van der Waals surface area (Å²) >= 11 is 5.81. The number of benzene rings is 1. The molecule has 1 amide bonds. The highest BCUT2D eigenvalue weighted by atomic mass is 35.5. The van der Waals surface area contributed by atoms with Crippen molar-refractivity contribution in [2.24, 2.45) is 0 Å². The number of phenols is 1. The Balaban J connectivity index is 2.43. The van der Waals surface area contributed by atoms with Crippen molar-refractivity contribution in [1.82, 2.24) is 0 Å². The average Bonchev–Trinajstić information content (AvgIpc) is 2.27. The molecule has 0 radical (unpaired) electrons. The Kier molecular flexibility index (Phi) is 3.06. The van der Waals surface area contributed by atoms with Gasteiger partial charge >= 0.3 is 0 Å². The Morgan fingerprint density at radius 1 is 1.56 bits per heavy atom. The topological polar surface area (TPSA) is 40.5 Å². The largest absolute Gasteiger partial charge is 0.506 e. The van der Waals surface area contributed by atoms with E-state index >= 15 is 0 Å². The van der Waals surface area contributed by atoms with Crippen LogP contribution in [-0.4, -0.2) is 22.9 Å². The molecule has 1 N–H and O–H groups in total. The van der Waals surface area contributed by atoms with Crippen LogP contribution in [0.2, 0.25) is 0 Å². The van der Waals surface area contributed by atoms with Crippen LogP contribution in [0.1, 0.15) is 18.9 Å². The normalized spacial score (nSPS) is 16.8. The monoisotopic (exact) mass is 239 g/mol. The predicted octanol–water partition coefficient (Wildman–Crippen LogP) is 2.30. The van der Waals surface area contributed by atoms with Crippen molar-refractivity contribution in [3.63, 3.8) is 0 Å². The smallest absolute Gasteiger partial charge is 0.244 e. The summed E-state index contributed by atoms with van der Waals surface area (Å²) in [4.78, 5) is 13.5. The zero-order valence-corrected chi connectivity index (χ0v) is 9.87. The molecule has 3 nitrogen and oxygen atoms in total. The molecule has 1 aliphatic heterocycles. The van der Waals surface area contributed by atoms with Crippen LogP contribution in [0.5, 0.6) is 5.75 Å². The molecule has 86 valence electrons. The molecule has 0 bridgehead atoms. The van der Waals surface area contributed by atoms with E-state index in [0.29, 0.717) is 12.2 Å². The SMILES string of the molecule is CC(Cl)C(=O)N1CCCc2cccc(O)c21. The maximum atomic E-state index is 11.9. The maximum absolute atomic E-state index is 11.9. The highest BCUT2D eigenvalue weighted by Crippen LogP contribution is 2.35. The lowest BCUT2D eigenvalue weighted by molar-refractivity contribution is -0.118. The van der Waals surface area contributed by atoms with Crippen LogP contribution in [0.15, 0.2) is 18.2 Å². The van der Waals surface area contributed by atoms with Crippen molar-refractivity contribution in [3.8, 4) is 5.75 Å². The molecule has 1 aliphatic rings. The van der Waals surface area contributed by atoms with E-state index in [2.05, 4.69) is 0 Å². The van der Waals surface area contributed by atoms with E-state index in [1.54, 1.807) is 24.0 Å². The minimum atomic E-state index is -0.564. The van der Waals surface area contributed by atoms with Gasteiger partial charge in [0.15, 0.2) is 0 Å². The lowest BCUT2D eigenvalue weighted by Crippen LogP contribution is -2.39. The maximum Gasteiger partial charge on any atom is 0.244 e. The fourth-order valence-corrected chi connectivity index (χ4v) is 2.18. The number of rotatable bonds is 1. The van der Waals surface area contributed by atoms with Crippen LogP contribution in [0.3, 0.4) is 0 Å². The summed E-state index contributed by atoms with van der Waals surface area (Å²) in [5.74, 6) is 0.00647. The van der Waals surface area contributed by atoms with Gasteiger partial charge in [-0.2, -0.15) is 0 Å². The quantitative estimate of drug-likeness (QED) is 0.764. The number of alkyl halides is 1. The number of carbonyl (C=O) groups is 1. The van der Waals surface area contributed by atoms with E-state index in [4.69, 9.17) is 11.6 Å². The first-order valence-corrected chi connectivity index (χ1v) is 5.81. The molecule has 0 aliphatic carbocycles. The fraction of sp³-hybridized carbons (Fsp3) is 0.417. The van der Waals surface area contributed by atoms with Crippen molar-refractivity contribution in [3.05, 3.63) is 23.8 Å². The lowest BCUT2D eigenvalue weighted by Gasteiger charge is -2.30. The number of carbonyl (C=O) groups excluding carboxylic acids is 1. The Morgan fingerprint density at radius 3 is 3.00 bits per heavy atom. The number of aryl methyl sites for hydroxylation is 1. The number of amides is 1. The minimum Gasteiger partial charge on any atom is -0.506 e. The second kappa shape index (κ2) is 4.34. The molecule has 2 rings (SSSR count). The van der Waals surface area contributed by atoms with Crippen molar-refractivity contribution < 1.29 is 9.90 Å². The number of phenolic OH excluding ortho intramolecular Hbond substituents is 1. The van der Waals surface area contributed by atoms with Gasteiger partial charge in [-0.15, -0.1) is 11.6 Å². The summed E-state index contributed by atoms with van der Waals surface area (Å²) in [5, 5.41) is 9.26. The summed E-state index contributed by atoms with van der Waals surface area (Å²) in [6.45, 7) is 2.28. The fourth-order valence-electron chi connectivity index (χ4n) is 2.07. The lowest BCUT2D eigenvalue weighted by atomic mass is 10.0. The Labute approximate surface area is 99.6 Å². The van der Waals surface area contributed by atoms with Crippen LogP contribution in [0.25, 0.3) is 0 Å². The van der Waals surface area contributed by atoms with Gasteiger partial charge in [-0.3, -0.25) is 4.79 Å². The number of aromatic hydroxyl groups is 1. The third-order valence-electron chi connectivity index (χ3n) is 2.80. The molecule has 0 saturated carbocycles. The van der Waals surface area contributed by atoms with Gasteiger partial charge in [-0.1, -0.05) is 12.1 Å². The molecule has 4 heteroatoms. The second-order valence-electron chi connectivity index (χ2n) is 3.99. The van der Waals surface area contributed by atoms with Gasteiger partial charge in [0.1, 0.15) is 11.1 Å². The van der Waals surface area contributed by atoms with E-state index in [1.165, 1.54) is 0 Å². The molecule has 0 spiro atoms. The minimum absolute atomic E-state index is 0.149. The third kappa shape index (κ3) is 1.87. The van der Waals surface area contributed by atoms with E-state index < -0.39 is 5.38 Å². The summed E-state index contributed by atoms with van der Waals surface area (Å²) < 4.78 is 0. The highest BCUT2D eigenvalue weighted by molar-refractivity contribution is 6.32. The van der Waals surface area contributed by atoms with Crippen molar-refractivity contribution in [2.75, 3.05) is 11.4 Å². The van der Waals surface area contributed by atoms with E-state index in [0.717, 1.165) is 18.4 Å². The van der Waals surface area contributed by atoms with Crippen LogP contribution in [-0.2, 0) is 11.2 Å². The Morgan fingerprint density at radius 2 is 2.31 bits per heavy atom. The van der Waals surface area contributed by atoms with E-state index in [1.807, 2.05) is 6.07 Å². The molecular formula is C12H14ClNO2. The van der Waals surface area contributed by atoms with Crippen molar-refractivity contribution in [1.29, 1.82) is 0 Å². The van der Waals surface area contributed by atoms with Gasteiger partial charge in [0.25, 0.3) is 0 Å². The molecule has 16 heavy (non-hydrogen) atoms. The third-order valence-corrected chi connectivity index (χ3v) is 2.99. The molecular weight excluding hydrogens is 226 g/mol. The Bertz CT molecular complexity index is 417. The van der Waals surface area contributed by atoms with Crippen molar-refractivity contribution in [2.45, 2.75) is 25.1 Å². The molecule has 1 heterocycles. The molecule has 1 aromatic rings. The summed E-state index contributed by atoms with van der Waals surface area (Å²) in [5.41, 5.74) is 1.64. The van der Waals surface area contributed by atoms with Gasteiger partial charge in [0, 0.05) is 6.54 Å². The number of hydrogen-bond donors (Lipinski definition) is 1. The van der Waals surface area contributed by atoms with Crippen LogP contribution >= 0.6 is 11.6 Å². The number of hydrogen-bond acceptors (Lipinski definition) is 2. The molecule has 0 aromatic heterocycles. The van der Waals surface area contributed by atoms with Crippen LogP contribution < -0.4 is 4.90 Å². The van der Waals surface area contributed by atoms with E-state index in [-0.39, 0.29) is 11.7 Å². The molecule has 0 saturated heterocycles. The molecule has 1 atom stereocenters. The zero-order valence-electron chi connectivity index (χ0n) is 9.11. The number of nitrogens with zero attached hydrogens (tertiary/aromatic N) is 1. The van der Waals surface area contributed by atoms with Gasteiger partial charge in [0.2, 0.25) is 5.91 Å². The van der Waals surface area contributed by atoms with Crippen LogP contribution in [0.4, 0.5) is 5.69 Å². The first-order chi connectivity index (χ1) is 7.61. The van der Waals surface area contributed by atoms with E-state index in [9.17, 15) is 9.90 Å². The van der Waals surface area contributed by atoms with Gasteiger partial charge in [-0.25, -0.2) is 0 Å². The summed E-state index contributed by atoms with van der Waals surface area (Å²) in [6, 6.07) is 5.34. The first kappa shape index (κ1) is 11.3. The van der Waals surface area contributed by atoms with Crippen LogP contribution in [0, 0.1) is 0 Å².